The highest BCUT2D eigenvalue weighted by Crippen LogP contribution is 2.29. The quantitative estimate of drug-likeness (QED) is 0.732. The highest BCUT2D eigenvalue weighted by atomic mass is 16.5. The van der Waals surface area contributed by atoms with E-state index in [2.05, 4.69) is 11.8 Å². The molecule has 2 heterocycles. The molecule has 14 heavy (non-hydrogen) atoms. The SMILES string of the molecule is CCC1CN(CC2(O)CCOC2C)C1. The van der Waals surface area contributed by atoms with Crippen molar-refractivity contribution in [3.8, 4) is 0 Å². The summed E-state index contributed by atoms with van der Waals surface area (Å²) in [4.78, 5) is 2.35. The first kappa shape index (κ1) is 10.4. The Balaban J connectivity index is 1.80. The van der Waals surface area contributed by atoms with E-state index in [0.717, 1.165) is 32.0 Å². The van der Waals surface area contributed by atoms with Crippen LogP contribution >= 0.6 is 0 Å². The molecule has 0 amide bonds. The molecule has 2 saturated heterocycles. The second kappa shape index (κ2) is 3.80. The average Bonchev–Trinajstić information content (AvgIpc) is 2.40. The number of rotatable bonds is 3. The largest absolute Gasteiger partial charge is 0.386 e. The number of nitrogens with zero attached hydrogens (tertiary/aromatic N) is 1. The second-order valence-electron chi connectivity index (χ2n) is 4.83. The Morgan fingerprint density at radius 3 is 2.71 bits per heavy atom. The zero-order chi connectivity index (χ0) is 10.2. The summed E-state index contributed by atoms with van der Waals surface area (Å²) in [6, 6.07) is 0. The molecule has 2 unspecified atom stereocenters. The molecular formula is C11H21NO2. The van der Waals surface area contributed by atoms with Crippen molar-refractivity contribution < 1.29 is 9.84 Å². The summed E-state index contributed by atoms with van der Waals surface area (Å²) in [5.41, 5.74) is -0.585. The molecule has 2 rings (SSSR count). The van der Waals surface area contributed by atoms with Crippen molar-refractivity contribution in [3.63, 3.8) is 0 Å². The second-order valence-corrected chi connectivity index (χ2v) is 4.83. The van der Waals surface area contributed by atoms with E-state index in [0.29, 0.717) is 6.61 Å². The molecule has 0 spiro atoms. The van der Waals surface area contributed by atoms with Gasteiger partial charge in [-0.15, -0.1) is 0 Å². The van der Waals surface area contributed by atoms with Crippen molar-refractivity contribution in [1.82, 2.24) is 4.90 Å². The first-order valence-electron chi connectivity index (χ1n) is 5.70. The lowest BCUT2D eigenvalue weighted by atomic mass is 9.91. The normalized spacial score (nSPS) is 40.1. The number of hydrogen-bond acceptors (Lipinski definition) is 3. The summed E-state index contributed by atoms with van der Waals surface area (Å²) in [7, 11) is 0. The fourth-order valence-corrected chi connectivity index (χ4v) is 2.43. The smallest absolute Gasteiger partial charge is 0.105 e. The van der Waals surface area contributed by atoms with Gasteiger partial charge in [0, 0.05) is 32.7 Å². The maximum atomic E-state index is 10.3. The van der Waals surface area contributed by atoms with Gasteiger partial charge in [0.2, 0.25) is 0 Å². The average molecular weight is 199 g/mol. The molecule has 0 aliphatic carbocycles. The predicted octanol–water partition coefficient (Wildman–Crippen LogP) is 0.868. The van der Waals surface area contributed by atoms with E-state index in [1.807, 2.05) is 6.92 Å². The van der Waals surface area contributed by atoms with Gasteiger partial charge in [0.1, 0.15) is 5.60 Å². The lowest BCUT2D eigenvalue weighted by Gasteiger charge is -2.43. The molecule has 3 nitrogen and oxygen atoms in total. The van der Waals surface area contributed by atoms with Gasteiger partial charge in [-0.2, -0.15) is 0 Å². The molecule has 0 aromatic rings. The van der Waals surface area contributed by atoms with Crippen LogP contribution in [0.15, 0.2) is 0 Å². The van der Waals surface area contributed by atoms with Crippen molar-refractivity contribution >= 4 is 0 Å². The summed E-state index contributed by atoms with van der Waals surface area (Å²) in [5, 5.41) is 10.3. The van der Waals surface area contributed by atoms with Crippen LogP contribution in [0.3, 0.4) is 0 Å². The Bertz CT molecular complexity index is 203. The van der Waals surface area contributed by atoms with Crippen molar-refractivity contribution in [1.29, 1.82) is 0 Å². The zero-order valence-corrected chi connectivity index (χ0v) is 9.20. The maximum absolute atomic E-state index is 10.3. The van der Waals surface area contributed by atoms with Crippen molar-refractivity contribution in [2.24, 2.45) is 5.92 Å². The first-order valence-corrected chi connectivity index (χ1v) is 5.70. The molecule has 0 bridgehead atoms. The third kappa shape index (κ3) is 1.81. The topological polar surface area (TPSA) is 32.7 Å². The standard InChI is InChI=1S/C11H21NO2/c1-3-10-6-12(7-10)8-11(13)4-5-14-9(11)2/h9-10,13H,3-8H2,1-2H3. The molecule has 2 atom stereocenters. The molecule has 2 fully saturated rings. The summed E-state index contributed by atoms with van der Waals surface area (Å²) in [6.07, 6.45) is 2.06. The Morgan fingerprint density at radius 2 is 2.21 bits per heavy atom. The number of likely N-dealkylation sites (tertiary alicyclic amines) is 1. The van der Waals surface area contributed by atoms with Crippen LogP contribution < -0.4 is 0 Å². The minimum atomic E-state index is -0.585. The molecular weight excluding hydrogens is 178 g/mol. The number of β-amino-alcohol motifs (C(OH)–C–C–N with tert-alkyl or cyclic N) is 1. The van der Waals surface area contributed by atoms with Gasteiger partial charge in [-0.3, -0.25) is 4.90 Å². The van der Waals surface area contributed by atoms with E-state index < -0.39 is 5.60 Å². The molecule has 2 aliphatic rings. The third-order valence-corrected chi connectivity index (χ3v) is 3.77. The van der Waals surface area contributed by atoms with Crippen LogP contribution in [-0.2, 0) is 4.74 Å². The monoisotopic (exact) mass is 199 g/mol. The van der Waals surface area contributed by atoms with E-state index in [9.17, 15) is 5.11 Å². The van der Waals surface area contributed by atoms with E-state index >= 15 is 0 Å². The number of hydrogen-bond donors (Lipinski definition) is 1. The Hall–Kier alpha value is -0.120. The van der Waals surface area contributed by atoms with Crippen molar-refractivity contribution in [2.45, 2.75) is 38.4 Å². The van der Waals surface area contributed by atoms with Gasteiger partial charge in [0.25, 0.3) is 0 Å². The Kier molecular flexibility index (Phi) is 2.82. The highest BCUT2D eigenvalue weighted by Gasteiger charge is 2.42. The summed E-state index contributed by atoms with van der Waals surface area (Å²) in [6.45, 7) is 8.03. The van der Waals surface area contributed by atoms with E-state index in [-0.39, 0.29) is 6.10 Å². The maximum Gasteiger partial charge on any atom is 0.105 e. The van der Waals surface area contributed by atoms with Crippen LogP contribution in [-0.4, -0.2) is 48.0 Å². The molecule has 0 radical (unpaired) electrons. The third-order valence-electron chi connectivity index (χ3n) is 3.77. The summed E-state index contributed by atoms with van der Waals surface area (Å²) < 4.78 is 5.41. The van der Waals surface area contributed by atoms with Gasteiger partial charge in [-0.1, -0.05) is 13.3 Å². The lowest BCUT2D eigenvalue weighted by molar-refractivity contribution is -0.0691. The molecule has 0 saturated carbocycles. The number of aliphatic hydroxyl groups is 1. The van der Waals surface area contributed by atoms with Gasteiger partial charge < -0.3 is 9.84 Å². The van der Waals surface area contributed by atoms with Crippen LogP contribution in [0, 0.1) is 5.92 Å². The Morgan fingerprint density at radius 1 is 1.50 bits per heavy atom. The van der Waals surface area contributed by atoms with Gasteiger partial charge in [0.05, 0.1) is 6.10 Å². The molecule has 3 heteroatoms. The lowest BCUT2D eigenvalue weighted by Crippen LogP contribution is -2.55. The van der Waals surface area contributed by atoms with Crippen LogP contribution in [0.4, 0.5) is 0 Å². The number of ether oxygens (including phenoxy) is 1. The van der Waals surface area contributed by atoms with Crippen molar-refractivity contribution in [2.75, 3.05) is 26.2 Å². The van der Waals surface area contributed by atoms with Gasteiger partial charge in [-0.05, 0) is 12.8 Å². The first-order chi connectivity index (χ1) is 6.64. The minimum absolute atomic E-state index is 0.00294. The molecule has 0 aromatic carbocycles. The fraction of sp³-hybridized carbons (Fsp3) is 1.00. The fourth-order valence-electron chi connectivity index (χ4n) is 2.43. The van der Waals surface area contributed by atoms with E-state index in [1.165, 1.54) is 6.42 Å². The van der Waals surface area contributed by atoms with Gasteiger partial charge >= 0.3 is 0 Å². The summed E-state index contributed by atoms with van der Waals surface area (Å²) >= 11 is 0. The molecule has 0 aromatic heterocycles. The molecule has 2 aliphatic heterocycles. The van der Waals surface area contributed by atoms with Crippen LogP contribution in [0.5, 0.6) is 0 Å². The minimum Gasteiger partial charge on any atom is -0.386 e. The van der Waals surface area contributed by atoms with Crippen LogP contribution in [0.2, 0.25) is 0 Å². The zero-order valence-electron chi connectivity index (χ0n) is 9.20. The van der Waals surface area contributed by atoms with Crippen molar-refractivity contribution in [3.05, 3.63) is 0 Å². The summed E-state index contributed by atoms with van der Waals surface area (Å²) in [5.74, 6) is 0.858. The highest BCUT2D eigenvalue weighted by molar-refractivity contribution is 4.95. The Labute approximate surface area is 86.0 Å². The molecule has 1 N–H and O–H groups in total. The predicted molar refractivity (Wildman–Crippen MR) is 55.2 cm³/mol. The van der Waals surface area contributed by atoms with Gasteiger partial charge in [-0.25, -0.2) is 0 Å². The van der Waals surface area contributed by atoms with E-state index in [4.69, 9.17) is 4.74 Å². The van der Waals surface area contributed by atoms with Gasteiger partial charge in [0.15, 0.2) is 0 Å². The van der Waals surface area contributed by atoms with Crippen LogP contribution in [0.25, 0.3) is 0 Å². The van der Waals surface area contributed by atoms with Crippen LogP contribution in [0.1, 0.15) is 26.7 Å². The molecule has 82 valence electrons. The van der Waals surface area contributed by atoms with E-state index in [1.54, 1.807) is 0 Å².